The van der Waals surface area contributed by atoms with Crippen molar-refractivity contribution in [1.82, 2.24) is 0 Å². The molecule has 0 aliphatic carbocycles. The molecule has 2 N–H and O–H groups in total. The van der Waals surface area contributed by atoms with Gasteiger partial charge in [0, 0.05) is 10.7 Å². The Kier molecular flexibility index (Phi) is 5.01. The first kappa shape index (κ1) is 15.9. The summed E-state index contributed by atoms with van der Waals surface area (Å²) in [6.45, 7) is 1.61. The summed E-state index contributed by atoms with van der Waals surface area (Å²) in [6.07, 6.45) is -0.724. The Morgan fingerprint density at radius 1 is 1.18 bits per heavy atom. The van der Waals surface area contributed by atoms with Gasteiger partial charge in [-0.1, -0.05) is 17.7 Å². The SMILES string of the molecule is C[C@H](Oc1cccc(Cl)c1)C(=O)Nc1ccc(C(=O)O)cc1. The van der Waals surface area contributed by atoms with E-state index in [-0.39, 0.29) is 11.5 Å². The van der Waals surface area contributed by atoms with Gasteiger partial charge in [-0.25, -0.2) is 4.79 Å². The van der Waals surface area contributed by atoms with Crippen LogP contribution in [0.15, 0.2) is 48.5 Å². The van der Waals surface area contributed by atoms with E-state index in [1.807, 2.05) is 0 Å². The van der Waals surface area contributed by atoms with E-state index in [4.69, 9.17) is 21.4 Å². The predicted octanol–water partition coefficient (Wildman–Crippen LogP) is 3.44. The van der Waals surface area contributed by atoms with Gasteiger partial charge >= 0.3 is 5.97 Å². The van der Waals surface area contributed by atoms with Crippen molar-refractivity contribution >= 4 is 29.2 Å². The molecule has 0 saturated heterocycles. The average Bonchev–Trinajstić information content (AvgIpc) is 2.47. The maximum absolute atomic E-state index is 12.0. The number of carboxylic acids is 1. The molecule has 5 nitrogen and oxygen atoms in total. The summed E-state index contributed by atoms with van der Waals surface area (Å²) in [5.41, 5.74) is 0.651. The lowest BCUT2D eigenvalue weighted by Gasteiger charge is -2.15. The van der Waals surface area contributed by atoms with Crippen LogP contribution in [-0.2, 0) is 4.79 Å². The second-order valence-electron chi connectivity index (χ2n) is 4.59. The number of carbonyl (C=O) groups is 2. The smallest absolute Gasteiger partial charge is 0.335 e. The number of amides is 1. The molecule has 0 aliphatic rings. The molecule has 2 rings (SSSR count). The number of hydrogen-bond donors (Lipinski definition) is 2. The summed E-state index contributed by atoms with van der Waals surface area (Å²) < 4.78 is 5.50. The first-order valence-electron chi connectivity index (χ1n) is 6.52. The summed E-state index contributed by atoms with van der Waals surface area (Å²) in [7, 11) is 0. The molecular weight excluding hydrogens is 306 g/mol. The van der Waals surface area contributed by atoms with Crippen molar-refractivity contribution in [3.63, 3.8) is 0 Å². The Bertz CT molecular complexity index is 685. The van der Waals surface area contributed by atoms with Gasteiger partial charge in [0.15, 0.2) is 6.10 Å². The third-order valence-corrected chi connectivity index (χ3v) is 3.11. The fourth-order valence-electron chi connectivity index (χ4n) is 1.74. The third kappa shape index (κ3) is 4.23. The van der Waals surface area contributed by atoms with Gasteiger partial charge in [-0.15, -0.1) is 0 Å². The molecule has 1 atom stereocenters. The van der Waals surface area contributed by atoms with Crippen molar-refractivity contribution in [3.8, 4) is 5.75 Å². The minimum Gasteiger partial charge on any atom is -0.481 e. The molecule has 0 spiro atoms. The molecule has 1 amide bonds. The van der Waals surface area contributed by atoms with E-state index in [9.17, 15) is 9.59 Å². The Morgan fingerprint density at radius 3 is 2.45 bits per heavy atom. The van der Waals surface area contributed by atoms with Gasteiger partial charge in [0.1, 0.15) is 5.75 Å². The number of benzene rings is 2. The Morgan fingerprint density at radius 2 is 1.86 bits per heavy atom. The number of halogens is 1. The van der Waals surface area contributed by atoms with Crippen molar-refractivity contribution in [2.24, 2.45) is 0 Å². The fraction of sp³-hybridized carbons (Fsp3) is 0.125. The van der Waals surface area contributed by atoms with E-state index in [2.05, 4.69) is 5.32 Å². The second-order valence-corrected chi connectivity index (χ2v) is 5.03. The molecule has 0 saturated carbocycles. The number of nitrogens with one attached hydrogen (secondary N) is 1. The van der Waals surface area contributed by atoms with E-state index in [0.29, 0.717) is 16.5 Å². The summed E-state index contributed by atoms with van der Waals surface area (Å²) in [5.74, 6) is -0.866. The molecule has 0 aromatic heterocycles. The van der Waals surface area contributed by atoms with Crippen molar-refractivity contribution < 1.29 is 19.4 Å². The highest BCUT2D eigenvalue weighted by Crippen LogP contribution is 2.19. The number of carboxylic acid groups (broad SMARTS) is 1. The van der Waals surface area contributed by atoms with E-state index in [0.717, 1.165) is 0 Å². The minimum atomic E-state index is -1.02. The first-order chi connectivity index (χ1) is 10.5. The van der Waals surface area contributed by atoms with Crippen molar-refractivity contribution in [2.75, 3.05) is 5.32 Å². The molecule has 2 aromatic rings. The van der Waals surface area contributed by atoms with Crippen LogP contribution >= 0.6 is 11.6 Å². The van der Waals surface area contributed by atoms with Crippen LogP contribution < -0.4 is 10.1 Å². The molecule has 22 heavy (non-hydrogen) atoms. The van der Waals surface area contributed by atoms with Crippen LogP contribution in [-0.4, -0.2) is 23.1 Å². The van der Waals surface area contributed by atoms with Crippen LogP contribution in [0, 0.1) is 0 Å². The number of hydrogen-bond acceptors (Lipinski definition) is 3. The van der Waals surface area contributed by atoms with E-state index in [1.165, 1.54) is 24.3 Å². The van der Waals surface area contributed by atoms with Crippen LogP contribution in [0.2, 0.25) is 5.02 Å². The molecular formula is C16H14ClNO4. The molecule has 0 radical (unpaired) electrons. The molecule has 0 unspecified atom stereocenters. The number of aromatic carboxylic acids is 1. The van der Waals surface area contributed by atoms with Crippen molar-refractivity contribution in [2.45, 2.75) is 13.0 Å². The summed E-state index contributed by atoms with van der Waals surface area (Å²) in [4.78, 5) is 22.8. The van der Waals surface area contributed by atoms with Crippen LogP contribution in [0.1, 0.15) is 17.3 Å². The lowest BCUT2D eigenvalue weighted by Crippen LogP contribution is -2.30. The summed E-state index contributed by atoms with van der Waals surface area (Å²) in [6, 6.07) is 12.6. The summed E-state index contributed by atoms with van der Waals surface area (Å²) in [5, 5.41) is 12.0. The predicted molar refractivity (Wildman–Crippen MR) is 83.6 cm³/mol. The Labute approximate surface area is 132 Å². The van der Waals surface area contributed by atoms with Gasteiger partial charge in [0.2, 0.25) is 0 Å². The topological polar surface area (TPSA) is 75.6 Å². The number of anilines is 1. The molecule has 0 heterocycles. The lowest BCUT2D eigenvalue weighted by molar-refractivity contribution is -0.122. The van der Waals surface area contributed by atoms with E-state index < -0.39 is 12.1 Å². The zero-order chi connectivity index (χ0) is 16.1. The Balaban J connectivity index is 1.97. The highest BCUT2D eigenvalue weighted by Gasteiger charge is 2.15. The zero-order valence-corrected chi connectivity index (χ0v) is 12.5. The molecule has 0 fully saturated rings. The van der Waals surface area contributed by atoms with Crippen molar-refractivity contribution in [1.29, 1.82) is 0 Å². The van der Waals surface area contributed by atoms with Gasteiger partial charge in [-0.05, 0) is 49.4 Å². The Hall–Kier alpha value is -2.53. The normalized spacial score (nSPS) is 11.5. The molecule has 0 bridgehead atoms. The van der Waals surface area contributed by atoms with E-state index >= 15 is 0 Å². The van der Waals surface area contributed by atoms with Gasteiger partial charge in [-0.3, -0.25) is 4.79 Å². The number of ether oxygens (including phenoxy) is 1. The molecule has 2 aromatic carbocycles. The maximum atomic E-state index is 12.0. The van der Waals surface area contributed by atoms with Crippen LogP contribution in [0.25, 0.3) is 0 Å². The average molecular weight is 320 g/mol. The lowest BCUT2D eigenvalue weighted by atomic mass is 10.2. The first-order valence-corrected chi connectivity index (χ1v) is 6.90. The largest absolute Gasteiger partial charge is 0.481 e. The van der Waals surface area contributed by atoms with Crippen LogP contribution in [0.4, 0.5) is 5.69 Å². The minimum absolute atomic E-state index is 0.154. The van der Waals surface area contributed by atoms with Gasteiger partial charge in [0.25, 0.3) is 5.91 Å². The fourth-order valence-corrected chi connectivity index (χ4v) is 1.92. The van der Waals surface area contributed by atoms with Gasteiger partial charge < -0.3 is 15.2 Å². The molecule has 6 heteroatoms. The quantitative estimate of drug-likeness (QED) is 0.885. The standard InChI is InChI=1S/C16H14ClNO4/c1-10(22-14-4-2-3-12(17)9-14)15(19)18-13-7-5-11(6-8-13)16(20)21/h2-10H,1H3,(H,18,19)(H,20,21)/t10-/m0/s1. The van der Waals surface area contributed by atoms with Gasteiger partial charge in [-0.2, -0.15) is 0 Å². The highest BCUT2D eigenvalue weighted by atomic mass is 35.5. The maximum Gasteiger partial charge on any atom is 0.335 e. The third-order valence-electron chi connectivity index (χ3n) is 2.88. The zero-order valence-electron chi connectivity index (χ0n) is 11.7. The van der Waals surface area contributed by atoms with Crippen LogP contribution in [0.3, 0.4) is 0 Å². The van der Waals surface area contributed by atoms with Gasteiger partial charge in [0.05, 0.1) is 5.56 Å². The highest BCUT2D eigenvalue weighted by molar-refractivity contribution is 6.30. The van der Waals surface area contributed by atoms with Crippen molar-refractivity contribution in [3.05, 3.63) is 59.1 Å². The number of rotatable bonds is 5. The second kappa shape index (κ2) is 6.95. The summed E-state index contributed by atoms with van der Waals surface area (Å²) >= 11 is 5.85. The monoisotopic (exact) mass is 319 g/mol. The molecule has 114 valence electrons. The van der Waals surface area contributed by atoms with Crippen LogP contribution in [0.5, 0.6) is 5.75 Å². The number of carbonyl (C=O) groups excluding carboxylic acids is 1. The van der Waals surface area contributed by atoms with E-state index in [1.54, 1.807) is 31.2 Å². The molecule has 0 aliphatic heterocycles.